The highest BCUT2D eigenvalue weighted by Crippen LogP contribution is 2.24. The van der Waals surface area contributed by atoms with Crippen molar-refractivity contribution in [2.45, 2.75) is 33.2 Å². The van der Waals surface area contributed by atoms with Gasteiger partial charge in [0.1, 0.15) is 5.82 Å². The first kappa shape index (κ1) is 18.8. The molecular formula is C22H27N5. The Bertz CT molecular complexity index is 815. The monoisotopic (exact) mass is 361 g/mol. The third-order valence-corrected chi connectivity index (χ3v) is 4.27. The summed E-state index contributed by atoms with van der Waals surface area (Å²) in [5, 5.41) is 3.36. The summed E-state index contributed by atoms with van der Waals surface area (Å²) in [6, 6.07) is 16.3. The zero-order valence-corrected chi connectivity index (χ0v) is 16.1. The maximum Gasteiger partial charge on any atom is 0.225 e. The zero-order valence-electron chi connectivity index (χ0n) is 16.1. The molecule has 0 spiro atoms. The van der Waals surface area contributed by atoms with E-state index in [-0.39, 0.29) is 0 Å². The molecule has 3 rings (SSSR count). The lowest BCUT2D eigenvalue weighted by molar-refractivity contribution is 0.733. The molecule has 0 unspecified atom stereocenters. The number of hydrogen-bond donors (Lipinski definition) is 1. The van der Waals surface area contributed by atoms with Crippen LogP contribution < -0.4 is 10.2 Å². The molecule has 5 nitrogen and oxygen atoms in total. The molecule has 27 heavy (non-hydrogen) atoms. The molecule has 0 saturated carbocycles. The highest BCUT2D eigenvalue weighted by molar-refractivity contribution is 5.64. The molecule has 1 aromatic carbocycles. The van der Waals surface area contributed by atoms with Gasteiger partial charge in [-0.1, -0.05) is 50.2 Å². The van der Waals surface area contributed by atoms with Crippen molar-refractivity contribution < 1.29 is 0 Å². The minimum atomic E-state index is 0.646. The molecule has 0 aliphatic rings. The molecule has 0 aliphatic heterocycles. The summed E-state index contributed by atoms with van der Waals surface area (Å²) in [7, 11) is 0. The molecule has 2 heterocycles. The van der Waals surface area contributed by atoms with E-state index in [1.807, 2.05) is 36.5 Å². The van der Waals surface area contributed by atoms with E-state index in [4.69, 9.17) is 9.97 Å². The molecule has 0 radical (unpaired) electrons. The molecule has 0 atom stereocenters. The smallest absolute Gasteiger partial charge is 0.225 e. The lowest BCUT2D eigenvalue weighted by atomic mass is 10.1. The SMILES string of the molecule is CCCN(CCC)c1cc(-c2ccccc2)nc(NCc2cccnc2)n1. The van der Waals surface area contributed by atoms with Crippen LogP contribution in [0.5, 0.6) is 0 Å². The van der Waals surface area contributed by atoms with E-state index < -0.39 is 0 Å². The predicted molar refractivity (Wildman–Crippen MR) is 112 cm³/mol. The average molecular weight is 361 g/mol. The minimum Gasteiger partial charge on any atom is -0.356 e. The number of aromatic nitrogens is 3. The second kappa shape index (κ2) is 9.67. The van der Waals surface area contributed by atoms with E-state index >= 15 is 0 Å². The summed E-state index contributed by atoms with van der Waals surface area (Å²) in [5.41, 5.74) is 3.14. The molecule has 0 aliphatic carbocycles. The van der Waals surface area contributed by atoms with Gasteiger partial charge < -0.3 is 10.2 Å². The van der Waals surface area contributed by atoms with Crippen LogP contribution in [0, 0.1) is 0 Å². The topological polar surface area (TPSA) is 53.9 Å². The summed E-state index contributed by atoms with van der Waals surface area (Å²) < 4.78 is 0. The summed E-state index contributed by atoms with van der Waals surface area (Å²) >= 11 is 0. The van der Waals surface area contributed by atoms with Crippen LogP contribution in [0.4, 0.5) is 11.8 Å². The molecule has 2 aromatic heterocycles. The average Bonchev–Trinajstić information content (AvgIpc) is 2.73. The van der Waals surface area contributed by atoms with Gasteiger partial charge in [-0.3, -0.25) is 4.98 Å². The van der Waals surface area contributed by atoms with Crippen molar-refractivity contribution in [1.29, 1.82) is 0 Å². The van der Waals surface area contributed by atoms with Gasteiger partial charge in [0.2, 0.25) is 5.95 Å². The number of rotatable bonds is 9. The van der Waals surface area contributed by atoms with Crippen molar-refractivity contribution in [3.63, 3.8) is 0 Å². The molecule has 0 fully saturated rings. The predicted octanol–water partition coefficient (Wildman–Crippen LogP) is 4.78. The van der Waals surface area contributed by atoms with Gasteiger partial charge in [-0.15, -0.1) is 0 Å². The van der Waals surface area contributed by atoms with Crippen LogP contribution >= 0.6 is 0 Å². The highest BCUT2D eigenvalue weighted by atomic mass is 15.2. The van der Waals surface area contributed by atoms with Crippen molar-refractivity contribution in [3.05, 3.63) is 66.5 Å². The Hall–Kier alpha value is -2.95. The number of benzene rings is 1. The number of hydrogen-bond acceptors (Lipinski definition) is 5. The summed E-state index contributed by atoms with van der Waals surface area (Å²) in [6.07, 6.45) is 5.81. The number of pyridine rings is 1. The first-order valence-corrected chi connectivity index (χ1v) is 9.62. The molecular weight excluding hydrogens is 334 g/mol. The van der Waals surface area contributed by atoms with Gasteiger partial charge in [-0.25, -0.2) is 4.98 Å². The van der Waals surface area contributed by atoms with Crippen LogP contribution in [0.3, 0.4) is 0 Å². The molecule has 0 saturated heterocycles. The second-order valence-electron chi connectivity index (χ2n) is 6.50. The van der Waals surface area contributed by atoms with Gasteiger partial charge in [0.05, 0.1) is 5.69 Å². The van der Waals surface area contributed by atoms with Crippen molar-refractivity contribution in [2.75, 3.05) is 23.3 Å². The largest absolute Gasteiger partial charge is 0.356 e. The third-order valence-electron chi connectivity index (χ3n) is 4.27. The van der Waals surface area contributed by atoms with E-state index in [0.717, 1.165) is 48.6 Å². The third kappa shape index (κ3) is 5.26. The Kier molecular flexibility index (Phi) is 6.74. The second-order valence-corrected chi connectivity index (χ2v) is 6.50. The van der Waals surface area contributed by atoms with Gasteiger partial charge >= 0.3 is 0 Å². The molecule has 1 N–H and O–H groups in total. The van der Waals surface area contributed by atoms with E-state index in [2.05, 4.69) is 47.2 Å². The van der Waals surface area contributed by atoms with Crippen LogP contribution in [0.1, 0.15) is 32.3 Å². The molecule has 3 aromatic rings. The van der Waals surface area contributed by atoms with E-state index in [9.17, 15) is 0 Å². The van der Waals surface area contributed by atoms with Gasteiger partial charge in [0, 0.05) is 43.7 Å². The lowest BCUT2D eigenvalue weighted by Gasteiger charge is -2.23. The quantitative estimate of drug-likeness (QED) is 0.594. The van der Waals surface area contributed by atoms with Crippen molar-refractivity contribution in [3.8, 4) is 11.3 Å². The van der Waals surface area contributed by atoms with E-state index in [1.165, 1.54) is 0 Å². The highest BCUT2D eigenvalue weighted by Gasteiger charge is 2.12. The van der Waals surface area contributed by atoms with E-state index in [1.54, 1.807) is 6.20 Å². The van der Waals surface area contributed by atoms with E-state index in [0.29, 0.717) is 12.5 Å². The van der Waals surface area contributed by atoms with Crippen LogP contribution in [0.25, 0.3) is 11.3 Å². The van der Waals surface area contributed by atoms with Crippen molar-refractivity contribution >= 4 is 11.8 Å². The maximum atomic E-state index is 4.79. The van der Waals surface area contributed by atoms with Crippen LogP contribution in [0.15, 0.2) is 60.9 Å². The fraction of sp³-hybridized carbons (Fsp3) is 0.318. The summed E-state index contributed by atoms with van der Waals surface area (Å²) in [5.74, 6) is 1.62. The van der Waals surface area contributed by atoms with Gasteiger partial charge in [0.15, 0.2) is 0 Å². The Balaban J connectivity index is 1.92. The summed E-state index contributed by atoms with van der Waals surface area (Å²) in [4.78, 5) is 16.1. The Labute approximate surface area is 161 Å². The van der Waals surface area contributed by atoms with Gasteiger partial charge in [0.25, 0.3) is 0 Å². The number of nitrogens with one attached hydrogen (secondary N) is 1. The van der Waals surface area contributed by atoms with Crippen molar-refractivity contribution in [1.82, 2.24) is 15.0 Å². The fourth-order valence-electron chi connectivity index (χ4n) is 3.00. The van der Waals surface area contributed by atoms with Crippen molar-refractivity contribution in [2.24, 2.45) is 0 Å². The molecule has 0 amide bonds. The molecule has 5 heteroatoms. The Morgan fingerprint density at radius 1 is 0.926 bits per heavy atom. The fourth-order valence-corrected chi connectivity index (χ4v) is 3.00. The standard InChI is InChI=1S/C22H27N5/c1-3-13-27(14-4-2)21-15-20(19-10-6-5-7-11-19)25-22(26-21)24-17-18-9-8-12-23-16-18/h5-12,15-16H,3-4,13-14,17H2,1-2H3,(H,24,25,26). The normalized spacial score (nSPS) is 10.6. The van der Waals surface area contributed by atoms with Crippen LogP contribution in [-0.2, 0) is 6.54 Å². The first-order valence-electron chi connectivity index (χ1n) is 9.62. The zero-order chi connectivity index (χ0) is 18.9. The number of nitrogens with zero attached hydrogens (tertiary/aromatic N) is 4. The first-order chi connectivity index (χ1) is 13.3. The van der Waals surface area contributed by atoms with Gasteiger partial charge in [-0.05, 0) is 24.5 Å². The lowest BCUT2D eigenvalue weighted by Crippen LogP contribution is -2.26. The van der Waals surface area contributed by atoms with Gasteiger partial charge in [-0.2, -0.15) is 4.98 Å². The minimum absolute atomic E-state index is 0.646. The summed E-state index contributed by atoms with van der Waals surface area (Å²) in [6.45, 7) is 7.02. The number of anilines is 2. The Morgan fingerprint density at radius 2 is 1.70 bits per heavy atom. The Morgan fingerprint density at radius 3 is 2.37 bits per heavy atom. The van der Waals surface area contributed by atoms with Crippen LogP contribution in [-0.4, -0.2) is 28.0 Å². The molecule has 140 valence electrons. The maximum absolute atomic E-state index is 4.79. The van der Waals surface area contributed by atoms with Crippen LogP contribution in [0.2, 0.25) is 0 Å². The molecule has 0 bridgehead atoms.